The van der Waals surface area contributed by atoms with Crippen molar-refractivity contribution in [2.24, 2.45) is 5.92 Å². The fourth-order valence-electron chi connectivity index (χ4n) is 1.81. The molecule has 2 rings (SSSR count). The van der Waals surface area contributed by atoms with E-state index in [1.165, 1.54) is 0 Å². The Morgan fingerprint density at radius 3 is 2.41 bits per heavy atom. The van der Waals surface area contributed by atoms with Crippen LogP contribution in [-0.4, -0.2) is 13.2 Å². The van der Waals surface area contributed by atoms with Gasteiger partial charge in [0.1, 0.15) is 0 Å². The highest BCUT2D eigenvalue weighted by Crippen LogP contribution is 2.25. The molecule has 1 heterocycles. The predicted octanol–water partition coefficient (Wildman–Crippen LogP) is 2.80. The molecule has 1 aromatic carbocycles. The lowest BCUT2D eigenvalue weighted by Gasteiger charge is -2.28. The average Bonchev–Trinajstić information content (AvgIpc) is 2.40. The third-order valence-corrected chi connectivity index (χ3v) is 2.70. The molecule has 0 radical (unpaired) electrons. The minimum absolute atomic E-state index is 0.302. The first-order chi connectivity index (χ1) is 8.33. The van der Waals surface area contributed by atoms with Gasteiger partial charge in [0.2, 0.25) is 0 Å². The maximum atomic E-state index is 8.71. The molecule has 0 aromatic heterocycles. The summed E-state index contributed by atoms with van der Waals surface area (Å²) < 4.78 is 11.3. The van der Waals surface area contributed by atoms with Crippen molar-refractivity contribution in [1.82, 2.24) is 0 Å². The lowest BCUT2D eigenvalue weighted by atomic mass is 10.1. The lowest BCUT2D eigenvalue weighted by molar-refractivity contribution is -0.197. The molecular weight excluding hydrogens is 214 g/mol. The van der Waals surface area contributed by atoms with E-state index in [0.717, 1.165) is 5.56 Å². The van der Waals surface area contributed by atoms with Gasteiger partial charge in [-0.15, -0.1) is 0 Å². The van der Waals surface area contributed by atoms with Crippen LogP contribution in [0.25, 0.3) is 0 Å². The van der Waals surface area contributed by atoms with Crippen molar-refractivity contribution in [3.63, 3.8) is 0 Å². The molecule has 0 N–H and O–H groups in total. The van der Waals surface area contributed by atoms with Gasteiger partial charge in [-0.3, -0.25) is 0 Å². The van der Waals surface area contributed by atoms with E-state index in [1.54, 1.807) is 12.1 Å². The highest BCUT2D eigenvalue weighted by atomic mass is 16.7. The van der Waals surface area contributed by atoms with E-state index in [4.69, 9.17) is 14.7 Å². The van der Waals surface area contributed by atoms with Crippen LogP contribution in [0.15, 0.2) is 36.4 Å². The molecular formula is C14H15NO2. The van der Waals surface area contributed by atoms with Gasteiger partial charge in [0.05, 0.1) is 24.8 Å². The molecule has 1 aliphatic rings. The Balaban J connectivity index is 1.98. The van der Waals surface area contributed by atoms with Crippen molar-refractivity contribution in [2.75, 3.05) is 13.2 Å². The van der Waals surface area contributed by atoms with Crippen LogP contribution in [0.3, 0.4) is 0 Å². The van der Waals surface area contributed by atoms with E-state index in [-0.39, 0.29) is 6.29 Å². The second-order valence-electron chi connectivity index (χ2n) is 4.02. The Hall–Kier alpha value is -1.63. The minimum atomic E-state index is -0.302. The van der Waals surface area contributed by atoms with Crippen LogP contribution in [0.1, 0.15) is 24.3 Å². The Bertz CT molecular complexity index is 423. The maximum absolute atomic E-state index is 8.71. The van der Waals surface area contributed by atoms with Crippen LogP contribution in [-0.2, 0) is 9.47 Å². The van der Waals surface area contributed by atoms with Crippen LogP contribution in [0.4, 0.5) is 0 Å². The van der Waals surface area contributed by atoms with Crippen LogP contribution in [0, 0.1) is 17.2 Å². The van der Waals surface area contributed by atoms with Gasteiger partial charge in [-0.1, -0.05) is 24.3 Å². The summed E-state index contributed by atoms with van der Waals surface area (Å²) >= 11 is 0. The van der Waals surface area contributed by atoms with Gasteiger partial charge in [-0.2, -0.15) is 5.26 Å². The van der Waals surface area contributed by atoms with Gasteiger partial charge < -0.3 is 9.47 Å². The van der Waals surface area contributed by atoms with Crippen molar-refractivity contribution in [3.05, 3.63) is 47.5 Å². The quantitative estimate of drug-likeness (QED) is 0.732. The molecule has 1 aliphatic heterocycles. The van der Waals surface area contributed by atoms with E-state index in [9.17, 15) is 0 Å². The molecule has 1 aromatic rings. The summed E-state index contributed by atoms with van der Waals surface area (Å²) in [5, 5.41) is 8.71. The maximum Gasteiger partial charge on any atom is 0.183 e. The number of ether oxygens (including phenoxy) is 2. The molecule has 1 saturated heterocycles. The van der Waals surface area contributed by atoms with Gasteiger partial charge in [-0.05, 0) is 19.1 Å². The summed E-state index contributed by atoms with van der Waals surface area (Å²) in [6, 6.07) is 9.39. The molecule has 0 unspecified atom stereocenters. The molecule has 1 fully saturated rings. The van der Waals surface area contributed by atoms with Gasteiger partial charge in [-0.25, -0.2) is 0 Å². The van der Waals surface area contributed by atoms with Gasteiger partial charge in [0.15, 0.2) is 6.29 Å². The van der Waals surface area contributed by atoms with E-state index in [0.29, 0.717) is 24.7 Å². The zero-order chi connectivity index (χ0) is 12.1. The largest absolute Gasteiger partial charge is 0.348 e. The summed E-state index contributed by atoms with van der Waals surface area (Å²) in [4.78, 5) is 0. The molecule has 0 spiro atoms. The molecule has 88 valence electrons. The highest BCUT2D eigenvalue weighted by Gasteiger charge is 2.21. The SMILES string of the molecule is C/C=C/[C@H]1CO[C@H](c2ccc(C#N)cc2)OC1. The molecule has 0 saturated carbocycles. The van der Waals surface area contributed by atoms with Crippen molar-refractivity contribution in [1.29, 1.82) is 5.26 Å². The van der Waals surface area contributed by atoms with Crippen molar-refractivity contribution >= 4 is 0 Å². The number of benzene rings is 1. The van der Waals surface area contributed by atoms with Crippen LogP contribution < -0.4 is 0 Å². The second kappa shape index (κ2) is 5.62. The molecule has 0 bridgehead atoms. The van der Waals surface area contributed by atoms with Crippen molar-refractivity contribution in [2.45, 2.75) is 13.2 Å². The van der Waals surface area contributed by atoms with Gasteiger partial charge in [0.25, 0.3) is 0 Å². The van der Waals surface area contributed by atoms with Crippen LogP contribution in [0.2, 0.25) is 0 Å². The van der Waals surface area contributed by atoms with Crippen LogP contribution in [0.5, 0.6) is 0 Å². The second-order valence-corrected chi connectivity index (χ2v) is 4.02. The summed E-state index contributed by atoms with van der Waals surface area (Å²) in [6.45, 7) is 3.34. The number of rotatable bonds is 2. The van der Waals surface area contributed by atoms with E-state index in [1.807, 2.05) is 25.1 Å². The summed E-state index contributed by atoms with van der Waals surface area (Å²) in [5.41, 5.74) is 1.61. The molecule has 0 atom stereocenters. The Morgan fingerprint density at radius 1 is 1.24 bits per heavy atom. The van der Waals surface area contributed by atoms with Gasteiger partial charge >= 0.3 is 0 Å². The predicted molar refractivity (Wildman–Crippen MR) is 64.1 cm³/mol. The zero-order valence-electron chi connectivity index (χ0n) is 9.80. The first-order valence-electron chi connectivity index (χ1n) is 5.69. The molecule has 0 amide bonds. The summed E-state index contributed by atoms with van der Waals surface area (Å²) in [6.07, 6.45) is 3.80. The Kier molecular flexibility index (Phi) is 3.92. The highest BCUT2D eigenvalue weighted by molar-refractivity contribution is 5.32. The average molecular weight is 229 g/mol. The number of hydrogen-bond acceptors (Lipinski definition) is 3. The fraction of sp³-hybridized carbons (Fsp3) is 0.357. The molecule has 3 heteroatoms. The Morgan fingerprint density at radius 2 is 1.88 bits per heavy atom. The van der Waals surface area contributed by atoms with E-state index in [2.05, 4.69) is 12.1 Å². The minimum Gasteiger partial charge on any atom is -0.348 e. The summed E-state index contributed by atoms with van der Waals surface area (Å²) in [7, 11) is 0. The van der Waals surface area contributed by atoms with Crippen molar-refractivity contribution in [3.8, 4) is 6.07 Å². The third kappa shape index (κ3) is 2.94. The smallest absolute Gasteiger partial charge is 0.183 e. The number of hydrogen-bond donors (Lipinski definition) is 0. The van der Waals surface area contributed by atoms with E-state index < -0.39 is 0 Å². The lowest BCUT2D eigenvalue weighted by Crippen LogP contribution is -2.25. The first kappa shape index (κ1) is 11.8. The van der Waals surface area contributed by atoms with Gasteiger partial charge in [0, 0.05) is 11.5 Å². The molecule has 3 nitrogen and oxygen atoms in total. The molecule has 0 aliphatic carbocycles. The number of nitrogens with zero attached hydrogens (tertiary/aromatic N) is 1. The summed E-state index contributed by atoms with van der Waals surface area (Å²) in [5.74, 6) is 0.342. The normalized spacial score (nSPS) is 24.7. The Labute approximate surface area is 101 Å². The number of nitriles is 1. The van der Waals surface area contributed by atoms with Crippen LogP contribution >= 0.6 is 0 Å². The van der Waals surface area contributed by atoms with E-state index >= 15 is 0 Å². The zero-order valence-corrected chi connectivity index (χ0v) is 9.80. The first-order valence-corrected chi connectivity index (χ1v) is 5.69. The fourth-order valence-corrected chi connectivity index (χ4v) is 1.81. The topological polar surface area (TPSA) is 42.2 Å². The number of allylic oxidation sites excluding steroid dienone is 1. The molecule has 17 heavy (non-hydrogen) atoms. The van der Waals surface area contributed by atoms with Crippen molar-refractivity contribution < 1.29 is 9.47 Å². The monoisotopic (exact) mass is 229 g/mol. The third-order valence-electron chi connectivity index (χ3n) is 2.70. The standard InChI is InChI=1S/C14H15NO2/c1-2-3-12-9-16-14(17-10-12)13-6-4-11(8-15)5-7-13/h2-7,12,14H,9-10H2,1H3/b3-2+/t12-,14-.